The molecule has 7 heteroatoms. The molecular formula is C29H38N2O5. The van der Waals surface area contributed by atoms with Crippen LogP contribution in [0.1, 0.15) is 68.9 Å². The van der Waals surface area contributed by atoms with Gasteiger partial charge in [-0.25, -0.2) is 4.79 Å². The Morgan fingerprint density at radius 1 is 1.03 bits per heavy atom. The van der Waals surface area contributed by atoms with Gasteiger partial charge in [0.1, 0.15) is 5.75 Å². The van der Waals surface area contributed by atoms with E-state index in [0.717, 1.165) is 56.1 Å². The Balaban J connectivity index is 1.50. The van der Waals surface area contributed by atoms with Crippen molar-refractivity contribution in [1.82, 2.24) is 0 Å². The summed E-state index contributed by atoms with van der Waals surface area (Å²) in [4.78, 5) is 24.8. The lowest BCUT2D eigenvalue weighted by molar-refractivity contribution is -0.141. The minimum atomic E-state index is -0.421. The molecule has 2 aromatic carbocycles. The quantitative estimate of drug-likeness (QED) is 0.184. The van der Waals surface area contributed by atoms with Crippen molar-refractivity contribution < 1.29 is 23.8 Å². The highest BCUT2D eigenvalue weighted by Crippen LogP contribution is 2.28. The number of hydrogen-bond acceptors (Lipinski definition) is 7. The Bertz CT molecular complexity index is 1010. The number of unbranched alkanes of at least 4 members (excludes halogenated alkanes) is 1. The molecule has 0 heterocycles. The van der Waals surface area contributed by atoms with Crippen molar-refractivity contribution in [3.63, 3.8) is 0 Å². The second-order valence-corrected chi connectivity index (χ2v) is 9.44. The van der Waals surface area contributed by atoms with Crippen molar-refractivity contribution >= 4 is 29.4 Å². The van der Waals surface area contributed by atoms with Gasteiger partial charge in [0.2, 0.25) is 0 Å². The molecule has 36 heavy (non-hydrogen) atoms. The Labute approximate surface area is 213 Å². The van der Waals surface area contributed by atoms with Crippen LogP contribution in [-0.2, 0) is 19.1 Å². The summed E-state index contributed by atoms with van der Waals surface area (Å²) >= 11 is 0. The van der Waals surface area contributed by atoms with Gasteiger partial charge in [0, 0.05) is 30.5 Å². The predicted molar refractivity (Wildman–Crippen MR) is 142 cm³/mol. The summed E-state index contributed by atoms with van der Waals surface area (Å²) in [5.74, 6) is -0.178. The minimum absolute atomic E-state index is 0.0339. The van der Waals surface area contributed by atoms with Crippen molar-refractivity contribution in [2.24, 2.45) is 5.92 Å². The lowest BCUT2D eigenvalue weighted by atomic mass is 9.87. The lowest BCUT2D eigenvalue weighted by Crippen LogP contribution is -2.28. The summed E-state index contributed by atoms with van der Waals surface area (Å²) in [6.07, 6.45) is 9.58. The number of carbonyl (C=O) groups is 2. The second kappa shape index (κ2) is 13.7. The molecule has 0 aromatic heterocycles. The van der Waals surface area contributed by atoms with E-state index in [1.807, 2.05) is 12.1 Å². The van der Waals surface area contributed by atoms with Crippen LogP contribution in [0.25, 0.3) is 6.08 Å². The number of anilines is 2. The third kappa shape index (κ3) is 8.41. The molecule has 1 saturated carbocycles. The van der Waals surface area contributed by atoms with Gasteiger partial charge in [-0.1, -0.05) is 31.9 Å². The lowest BCUT2D eigenvalue weighted by Gasteiger charge is -2.26. The summed E-state index contributed by atoms with van der Waals surface area (Å²) < 4.78 is 16.4. The van der Waals surface area contributed by atoms with Crippen LogP contribution in [0, 0.1) is 5.92 Å². The molecule has 1 fully saturated rings. The number of rotatable bonds is 11. The summed E-state index contributed by atoms with van der Waals surface area (Å²) in [7, 11) is 1.71. The number of carbonyl (C=O) groups excluding carboxylic acids is 2. The van der Waals surface area contributed by atoms with Crippen molar-refractivity contribution in [2.75, 3.05) is 25.2 Å². The normalized spacial score (nSPS) is 18.6. The van der Waals surface area contributed by atoms with E-state index in [4.69, 9.17) is 25.7 Å². The molecule has 1 aliphatic rings. The molecule has 194 valence electrons. The van der Waals surface area contributed by atoms with Crippen LogP contribution in [0.3, 0.4) is 0 Å². The van der Waals surface area contributed by atoms with Gasteiger partial charge in [-0.15, -0.1) is 0 Å². The fourth-order valence-corrected chi connectivity index (χ4v) is 4.51. The number of methoxy groups -OCH3 is 1. The first-order valence-electron chi connectivity index (χ1n) is 12.7. The molecule has 1 atom stereocenters. The third-order valence-electron chi connectivity index (χ3n) is 6.66. The largest absolute Gasteiger partial charge is 0.462 e. The first kappa shape index (κ1) is 27.3. The highest BCUT2D eigenvalue weighted by atomic mass is 16.5. The first-order valence-corrected chi connectivity index (χ1v) is 12.7. The maximum atomic E-state index is 12.4. The Morgan fingerprint density at radius 3 is 2.31 bits per heavy atom. The molecule has 0 saturated heterocycles. The van der Waals surface area contributed by atoms with Crippen LogP contribution in [-0.4, -0.2) is 31.8 Å². The van der Waals surface area contributed by atoms with Gasteiger partial charge in [-0.2, -0.15) is 0 Å². The fraction of sp³-hybridized carbons (Fsp3) is 0.448. The molecule has 2 aromatic rings. The van der Waals surface area contributed by atoms with E-state index in [1.165, 1.54) is 6.08 Å². The first-order chi connectivity index (χ1) is 17.4. The maximum absolute atomic E-state index is 12.4. The van der Waals surface area contributed by atoms with Crippen molar-refractivity contribution in [2.45, 2.75) is 63.9 Å². The van der Waals surface area contributed by atoms with Crippen molar-refractivity contribution in [1.29, 1.82) is 0 Å². The summed E-state index contributed by atoms with van der Waals surface area (Å²) in [5.41, 5.74) is 14.9. The van der Waals surface area contributed by atoms with Gasteiger partial charge in [0.15, 0.2) is 0 Å². The molecule has 1 aliphatic carbocycles. The van der Waals surface area contributed by atoms with Crippen LogP contribution in [0.2, 0.25) is 0 Å². The van der Waals surface area contributed by atoms with Gasteiger partial charge >= 0.3 is 11.9 Å². The van der Waals surface area contributed by atoms with Gasteiger partial charge in [0.25, 0.3) is 0 Å². The van der Waals surface area contributed by atoms with Gasteiger partial charge < -0.3 is 25.7 Å². The number of nitrogen functional groups attached to an aromatic ring is 2. The minimum Gasteiger partial charge on any atom is -0.462 e. The van der Waals surface area contributed by atoms with E-state index < -0.39 is 5.97 Å². The van der Waals surface area contributed by atoms with Crippen LogP contribution in [0.5, 0.6) is 5.75 Å². The molecule has 0 amide bonds. The van der Waals surface area contributed by atoms with Crippen molar-refractivity contribution in [3.8, 4) is 5.75 Å². The standard InChI is InChI=1S/C29H38N2O5/c1-3-4-5-22(23-16-24(30)18-25(31)17-23)19-35-28(32)15-8-20-6-11-27(12-7-20)36-29(33)21-9-13-26(34-2)14-10-21/h6-8,11-12,15-18,21-22,26H,3-5,9-10,13-14,19,30-31H2,1-2H3. The second-order valence-electron chi connectivity index (χ2n) is 9.44. The molecule has 1 unspecified atom stereocenters. The van der Waals surface area contributed by atoms with Gasteiger partial charge in [0.05, 0.1) is 18.6 Å². The zero-order valence-electron chi connectivity index (χ0n) is 21.3. The zero-order valence-corrected chi connectivity index (χ0v) is 21.3. The van der Waals surface area contributed by atoms with Crippen LogP contribution < -0.4 is 16.2 Å². The number of esters is 2. The number of hydrogen-bond donors (Lipinski definition) is 2. The zero-order chi connectivity index (χ0) is 25.9. The highest BCUT2D eigenvalue weighted by Gasteiger charge is 2.27. The van der Waals surface area contributed by atoms with Gasteiger partial charge in [-0.05, 0) is 79.6 Å². The molecule has 0 aliphatic heterocycles. The molecule has 0 radical (unpaired) electrons. The summed E-state index contributed by atoms with van der Waals surface area (Å²) in [6, 6.07) is 12.6. The summed E-state index contributed by atoms with van der Waals surface area (Å²) in [6.45, 7) is 2.38. The molecule has 0 spiro atoms. The topological polar surface area (TPSA) is 114 Å². The van der Waals surface area contributed by atoms with Crippen LogP contribution >= 0.6 is 0 Å². The Hall–Kier alpha value is -3.32. The molecule has 0 bridgehead atoms. The van der Waals surface area contributed by atoms with E-state index in [0.29, 0.717) is 17.1 Å². The van der Waals surface area contributed by atoms with E-state index in [-0.39, 0.29) is 30.5 Å². The van der Waals surface area contributed by atoms with Crippen LogP contribution in [0.15, 0.2) is 48.5 Å². The van der Waals surface area contributed by atoms with E-state index in [9.17, 15) is 9.59 Å². The molecule has 4 N–H and O–H groups in total. The highest BCUT2D eigenvalue weighted by molar-refractivity contribution is 5.87. The van der Waals surface area contributed by atoms with E-state index >= 15 is 0 Å². The monoisotopic (exact) mass is 494 g/mol. The molecule has 7 nitrogen and oxygen atoms in total. The SMILES string of the molecule is CCCCC(COC(=O)C=Cc1ccc(OC(=O)C2CCC(OC)CC2)cc1)c1cc(N)cc(N)c1. The average molecular weight is 495 g/mol. The number of ether oxygens (including phenoxy) is 3. The number of benzene rings is 2. The summed E-state index contributed by atoms with van der Waals surface area (Å²) in [5, 5.41) is 0. The Kier molecular flexibility index (Phi) is 10.4. The van der Waals surface area contributed by atoms with E-state index in [1.54, 1.807) is 43.5 Å². The Morgan fingerprint density at radius 2 is 1.69 bits per heavy atom. The van der Waals surface area contributed by atoms with Gasteiger partial charge in [-0.3, -0.25) is 4.79 Å². The van der Waals surface area contributed by atoms with Crippen molar-refractivity contribution in [3.05, 3.63) is 59.7 Å². The predicted octanol–water partition coefficient (Wildman–Crippen LogP) is 5.49. The molecule has 3 rings (SSSR count). The smallest absolute Gasteiger partial charge is 0.330 e. The average Bonchev–Trinajstić information content (AvgIpc) is 2.87. The molecular weight excluding hydrogens is 456 g/mol. The third-order valence-corrected chi connectivity index (χ3v) is 6.66. The van der Waals surface area contributed by atoms with E-state index in [2.05, 4.69) is 6.92 Å². The maximum Gasteiger partial charge on any atom is 0.330 e. The number of nitrogens with two attached hydrogens (primary N) is 2. The fourth-order valence-electron chi connectivity index (χ4n) is 4.51. The van der Waals surface area contributed by atoms with Crippen LogP contribution in [0.4, 0.5) is 11.4 Å².